The van der Waals surface area contributed by atoms with Crippen LogP contribution in [0.15, 0.2) is 29.2 Å². The van der Waals surface area contributed by atoms with Gasteiger partial charge in [-0.25, -0.2) is 9.48 Å². The SMILES string of the molecule is CC1C(C(=O)O)CCN1C(=O)CCn1nc2ccccn2c1=O. The van der Waals surface area contributed by atoms with Crippen molar-refractivity contribution in [2.45, 2.75) is 32.4 Å². The van der Waals surface area contributed by atoms with Crippen molar-refractivity contribution >= 4 is 17.5 Å². The minimum atomic E-state index is -0.871. The summed E-state index contributed by atoms with van der Waals surface area (Å²) in [6, 6.07) is 4.93. The van der Waals surface area contributed by atoms with Crippen LogP contribution in [0, 0.1) is 5.92 Å². The lowest BCUT2D eigenvalue weighted by Crippen LogP contribution is -2.38. The lowest BCUT2D eigenvalue weighted by Gasteiger charge is -2.23. The van der Waals surface area contributed by atoms with Crippen LogP contribution in [0.5, 0.6) is 0 Å². The van der Waals surface area contributed by atoms with Gasteiger partial charge in [-0.1, -0.05) is 6.07 Å². The fourth-order valence-corrected chi connectivity index (χ4v) is 3.08. The highest BCUT2D eigenvalue weighted by molar-refractivity contribution is 5.79. The molecule has 0 aliphatic carbocycles. The Hall–Kier alpha value is -2.64. The minimum Gasteiger partial charge on any atom is -0.481 e. The predicted octanol–water partition coefficient (Wildman–Crippen LogP) is 0.208. The van der Waals surface area contributed by atoms with Gasteiger partial charge in [0.25, 0.3) is 0 Å². The van der Waals surface area contributed by atoms with E-state index in [1.54, 1.807) is 36.2 Å². The number of carbonyl (C=O) groups excluding carboxylic acids is 1. The van der Waals surface area contributed by atoms with Crippen molar-refractivity contribution < 1.29 is 14.7 Å². The molecule has 8 nitrogen and oxygen atoms in total. The molecule has 1 amide bonds. The molecule has 1 N–H and O–H groups in total. The molecular weight excluding hydrogens is 300 g/mol. The third-order valence-electron chi connectivity index (χ3n) is 4.42. The van der Waals surface area contributed by atoms with Gasteiger partial charge in [-0.2, -0.15) is 0 Å². The molecule has 1 fully saturated rings. The highest BCUT2D eigenvalue weighted by atomic mass is 16.4. The highest BCUT2D eigenvalue weighted by Crippen LogP contribution is 2.24. The van der Waals surface area contributed by atoms with Crippen LogP contribution < -0.4 is 5.69 Å². The molecule has 3 heterocycles. The van der Waals surface area contributed by atoms with Crippen LogP contribution in [0.25, 0.3) is 5.65 Å². The average Bonchev–Trinajstić information content (AvgIpc) is 3.06. The van der Waals surface area contributed by atoms with E-state index < -0.39 is 11.9 Å². The Morgan fingerprint density at radius 2 is 2.17 bits per heavy atom. The fraction of sp³-hybridized carbons (Fsp3) is 0.467. The molecule has 0 saturated carbocycles. The number of amides is 1. The maximum absolute atomic E-state index is 12.3. The van der Waals surface area contributed by atoms with Gasteiger partial charge in [0.05, 0.1) is 12.5 Å². The Balaban J connectivity index is 1.68. The number of nitrogens with zero attached hydrogens (tertiary/aromatic N) is 4. The zero-order chi connectivity index (χ0) is 16.6. The van der Waals surface area contributed by atoms with Gasteiger partial charge in [0, 0.05) is 25.2 Å². The lowest BCUT2D eigenvalue weighted by molar-refractivity contribution is -0.143. The molecule has 1 aliphatic rings. The maximum atomic E-state index is 12.3. The summed E-state index contributed by atoms with van der Waals surface area (Å²) in [7, 11) is 0. The van der Waals surface area contributed by atoms with E-state index in [1.165, 1.54) is 9.08 Å². The minimum absolute atomic E-state index is 0.125. The first-order chi connectivity index (χ1) is 11.0. The first-order valence-electron chi connectivity index (χ1n) is 7.55. The fourth-order valence-electron chi connectivity index (χ4n) is 3.08. The number of aryl methyl sites for hydroxylation is 1. The van der Waals surface area contributed by atoms with Crippen LogP contribution in [0.4, 0.5) is 0 Å². The highest BCUT2D eigenvalue weighted by Gasteiger charge is 2.37. The van der Waals surface area contributed by atoms with Crippen LogP contribution in [-0.4, -0.2) is 48.7 Å². The second kappa shape index (κ2) is 5.86. The van der Waals surface area contributed by atoms with Gasteiger partial charge in [-0.15, -0.1) is 5.10 Å². The second-order valence-corrected chi connectivity index (χ2v) is 5.75. The van der Waals surface area contributed by atoms with E-state index in [-0.39, 0.29) is 30.6 Å². The summed E-state index contributed by atoms with van der Waals surface area (Å²) < 4.78 is 2.69. The Bertz CT molecular complexity index is 809. The molecule has 0 bridgehead atoms. The van der Waals surface area contributed by atoms with Gasteiger partial charge in [-0.3, -0.25) is 14.0 Å². The molecular formula is C15H18N4O4. The lowest BCUT2D eigenvalue weighted by atomic mass is 10.0. The predicted molar refractivity (Wildman–Crippen MR) is 81.0 cm³/mol. The Labute approximate surface area is 131 Å². The van der Waals surface area contributed by atoms with Crippen molar-refractivity contribution in [3.8, 4) is 0 Å². The van der Waals surface area contributed by atoms with Crippen LogP contribution in [0.2, 0.25) is 0 Å². The van der Waals surface area contributed by atoms with Crippen molar-refractivity contribution in [2.75, 3.05) is 6.54 Å². The third kappa shape index (κ3) is 2.71. The van der Waals surface area contributed by atoms with E-state index >= 15 is 0 Å². The third-order valence-corrected chi connectivity index (χ3v) is 4.42. The van der Waals surface area contributed by atoms with Crippen molar-refractivity contribution in [3.63, 3.8) is 0 Å². The monoisotopic (exact) mass is 318 g/mol. The van der Waals surface area contributed by atoms with E-state index in [1.807, 2.05) is 0 Å². The van der Waals surface area contributed by atoms with Crippen LogP contribution in [0.3, 0.4) is 0 Å². The summed E-state index contributed by atoms with van der Waals surface area (Å²) in [5.74, 6) is -1.54. The Morgan fingerprint density at radius 1 is 1.39 bits per heavy atom. The number of likely N-dealkylation sites (tertiary alicyclic amines) is 1. The van der Waals surface area contributed by atoms with E-state index in [4.69, 9.17) is 5.11 Å². The van der Waals surface area contributed by atoms with Crippen LogP contribution >= 0.6 is 0 Å². The number of fused-ring (bicyclic) bond motifs is 1. The molecule has 23 heavy (non-hydrogen) atoms. The number of hydrogen-bond donors (Lipinski definition) is 1. The molecule has 2 aromatic rings. The van der Waals surface area contributed by atoms with E-state index in [0.29, 0.717) is 18.6 Å². The van der Waals surface area contributed by atoms with Crippen LogP contribution in [0.1, 0.15) is 19.8 Å². The number of rotatable bonds is 4. The zero-order valence-corrected chi connectivity index (χ0v) is 12.8. The summed E-state index contributed by atoms with van der Waals surface area (Å²) in [6.07, 6.45) is 2.22. The van der Waals surface area contributed by atoms with Gasteiger partial charge in [0.2, 0.25) is 5.91 Å². The smallest absolute Gasteiger partial charge is 0.350 e. The molecule has 2 atom stereocenters. The van der Waals surface area contributed by atoms with E-state index in [9.17, 15) is 14.4 Å². The van der Waals surface area contributed by atoms with Crippen LogP contribution in [-0.2, 0) is 16.1 Å². The first kappa shape index (κ1) is 15.3. The Kier molecular flexibility index (Phi) is 3.89. The maximum Gasteiger partial charge on any atom is 0.350 e. The van der Waals surface area contributed by atoms with Gasteiger partial charge in [0.1, 0.15) is 0 Å². The van der Waals surface area contributed by atoms with E-state index in [2.05, 4.69) is 5.10 Å². The number of carboxylic acids is 1. The number of hydrogen-bond acceptors (Lipinski definition) is 4. The summed E-state index contributed by atoms with van der Waals surface area (Å²) in [5, 5.41) is 13.3. The summed E-state index contributed by atoms with van der Waals surface area (Å²) in [5.41, 5.74) is 0.247. The zero-order valence-electron chi connectivity index (χ0n) is 12.8. The quantitative estimate of drug-likeness (QED) is 0.869. The largest absolute Gasteiger partial charge is 0.481 e. The normalized spacial score (nSPS) is 21.0. The standard InChI is InChI=1S/C15H18N4O4/c1-10-11(14(21)22)5-8-17(10)13(20)6-9-19-15(23)18-7-3-2-4-12(18)16-19/h2-4,7,10-11H,5-6,8-9H2,1H3,(H,21,22). The number of aromatic nitrogens is 3. The number of pyridine rings is 1. The van der Waals surface area contributed by atoms with Crippen molar-refractivity contribution in [3.05, 3.63) is 34.9 Å². The van der Waals surface area contributed by atoms with Gasteiger partial charge >= 0.3 is 11.7 Å². The molecule has 0 spiro atoms. The number of aliphatic carboxylic acids is 1. The Morgan fingerprint density at radius 3 is 2.83 bits per heavy atom. The topological polar surface area (TPSA) is 96.9 Å². The van der Waals surface area contributed by atoms with Gasteiger partial charge in [-0.05, 0) is 25.5 Å². The van der Waals surface area contributed by atoms with Crippen molar-refractivity contribution in [1.82, 2.24) is 19.1 Å². The summed E-state index contributed by atoms with van der Waals surface area (Å²) in [6.45, 7) is 2.37. The molecule has 2 unspecified atom stereocenters. The molecule has 1 saturated heterocycles. The molecule has 0 radical (unpaired) electrons. The molecule has 1 aliphatic heterocycles. The molecule has 0 aromatic carbocycles. The summed E-state index contributed by atoms with van der Waals surface area (Å²) in [4.78, 5) is 37.1. The van der Waals surface area contributed by atoms with Gasteiger partial charge in [0.15, 0.2) is 5.65 Å². The number of carbonyl (C=O) groups is 2. The molecule has 8 heteroatoms. The average molecular weight is 318 g/mol. The van der Waals surface area contributed by atoms with E-state index in [0.717, 1.165) is 0 Å². The summed E-state index contributed by atoms with van der Waals surface area (Å²) >= 11 is 0. The molecule has 3 rings (SSSR count). The van der Waals surface area contributed by atoms with Crippen molar-refractivity contribution in [1.29, 1.82) is 0 Å². The van der Waals surface area contributed by atoms with Gasteiger partial charge < -0.3 is 10.0 Å². The second-order valence-electron chi connectivity index (χ2n) is 5.75. The molecule has 122 valence electrons. The number of carboxylic acid groups (broad SMARTS) is 1. The van der Waals surface area contributed by atoms with Crippen molar-refractivity contribution in [2.24, 2.45) is 5.92 Å². The first-order valence-corrected chi connectivity index (χ1v) is 7.55. The molecule has 2 aromatic heterocycles.